The first-order valence-electron chi connectivity index (χ1n) is 6.41. The monoisotopic (exact) mass is 312 g/mol. The Morgan fingerprint density at radius 2 is 2.21 bits per heavy atom. The molecular formula is C14H20N2S3. The maximum absolute atomic E-state index is 5.96. The summed E-state index contributed by atoms with van der Waals surface area (Å²) in [6.07, 6.45) is 2.07. The van der Waals surface area contributed by atoms with Gasteiger partial charge in [0, 0.05) is 39.7 Å². The van der Waals surface area contributed by atoms with Crippen molar-refractivity contribution in [1.29, 1.82) is 0 Å². The van der Waals surface area contributed by atoms with Gasteiger partial charge in [0.1, 0.15) is 4.99 Å². The SMILES string of the molecule is CSc1cccc(N2CCSC(C)C2C)c1C(N)=S. The Hall–Kier alpha value is -0.390. The molecule has 0 radical (unpaired) electrons. The van der Waals surface area contributed by atoms with Crippen molar-refractivity contribution in [3.05, 3.63) is 23.8 Å². The van der Waals surface area contributed by atoms with E-state index < -0.39 is 0 Å². The van der Waals surface area contributed by atoms with Gasteiger partial charge in [-0.05, 0) is 25.3 Å². The number of rotatable bonds is 3. The molecule has 1 aliphatic heterocycles. The minimum absolute atomic E-state index is 0.498. The number of nitrogens with zero attached hydrogens (tertiary/aromatic N) is 1. The summed E-state index contributed by atoms with van der Waals surface area (Å²) in [5, 5.41) is 0.630. The summed E-state index contributed by atoms with van der Waals surface area (Å²) in [7, 11) is 0. The summed E-state index contributed by atoms with van der Waals surface area (Å²) in [5.74, 6) is 1.16. The highest BCUT2D eigenvalue weighted by Crippen LogP contribution is 2.34. The number of benzene rings is 1. The molecule has 1 aromatic rings. The first-order chi connectivity index (χ1) is 9.06. The maximum atomic E-state index is 5.96. The van der Waals surface area contributed by atoms with Gasteiger partial charge in [-0.2, -0.15) is 11.8 Å². The molecule has 0 bridgehead atoms. The smallest absolute Gasteiger partial charge is 0.107 e. The summed E-state index contributed by atoms with van der Waals surface area (Å²) >= 11 is 9.02. The normalized spacial score (nSPS) is 23.4. The van der Waals surface area contributed by atoms with Crippen LogP contribution in [0.4, 0.5) is 5.69 Å². The fourth-order valence-corrected chi connectivity index (χ4v) is 4.46. The van der Waals surface area contributed by atoms with Crippen molar-refractivity contribution in [1.82, 2.24) is 0 Å². The molecule has 1 aliphatic rings. The Kier molecular flexibility index (Phi) is 5.03. The number of thioether (sulfide) groups is 2. The van der Waals surface area contributed by atoms with E-state index in [2.05, 4.69) is 43.2 Å². The minimum atomic E-state index is 0.498. The molecule has 2 N–H and O–H groups in total. The molecule has 1 saturated heterocycles. The number of thiocarbonyl (C=S) groups is 1. The average molecular weight is 313 g/mol. The fourth-order valence-electron chi connectivity index (χ4n) is 2.45. The van der Waals surface area contributed by atoms with Crippen LogP contribution >= 0.6 is 35.7 Å². The Balaban J connectivity index is 2.46. The van der Waals surface area contributed by atoms with E-state index in [4.69, 9.17) is 18.0 Å². The van der Waals surface area contributed by atoms with Crippen LogP contribution < -0.4 is 10.6 Å². The maximum Gasteiger partial charge on any atom is 0.107 e. The lowest BCUT2D eigenvalue weighted by atomic mass is 10.1. The van der Waals surface area contributed by atoms with Crippen molar-refractivity contribution in [3.8, 4) is 0 Å². The van der Waals surface area contributed by atoms with Crippen LogP contribution in [0.5, 0.6) is 0 Å². The third-order valence-electron chi connectivity index (χ3n) is 3.66. The third kappa shape index (κ3) is 3.03. The topological polar surface area (TPSA) is 29.3 Å². The predicted octanol–water partition coefficient (Wildman–Crippen LogP) is 3.37. The lowest BCUT2D eigenvalue weighted by Crippen LogP contribution is -2.45. The zero-order valence-corrected chi connectivity index (χ0v) is 14.0. The second-order valence-corrected chi connectivity index (χ2v) is 7.50. The van der Waals surface area contributed by atoms with E-state index in [0.717, 1.165) is 17.9 Å². The number of hydrogen-bond acceptors (Lipinski definition) is 4. The van der Waals surface area contributed by atoms with Crippen molar-refractivity contribution >= 4 is 46.4 Å². The van der Waals surface area contributed by atoms with Gasteiger partial charge in [0.25, 0.3) is 0 Å². The van der Waals surface area contributed by atoms with Gasteiger partial charge in [0.2, 0.25) is 0 Å². The molecular weight excluding hydrogens is 292 g/mol. The van der Waals surface area contributed by atoms with Gasteiger partial charge in [-0.3, -0.25) is 0 Å². The van der Waals surface area contributed by atoms with Gasteiger partial charge in [0.15, 0.2) is 0 Å². The molecule has 5 heteroatoms. The highest BCUT2D eigenvalue weighted by molar-refractivity contribution is 8.00. The Labute approximate surface area is 129 Å². The van der Waals surface area contributed by atoms with Gasteiger partial charge in [-0.25, -0.2) is 0 Å². The summed E-state index contributed by atoms with van der Waals surface area (Å²) in [6, 6.07) is 6.84. The highest BCUT2D eigenvalue weighted by Gasteiger charge is 2.27. The van der Waals surface area contributed by atoms with Crippen LogP contribution in [-0.4, -0.2) is 34.8 Å². The lowest BCUT2D eigenvalue weighted by molar-refractivity contribution is 0.626. The first kappa shape index (κ1) is 15.0. The zero-order chi connectivity index (χ0) is 14.0. The molecule has 2 rings (SSSR count). The Morgan fingerprint density at radius 1 is 1.47 bits per heavy atom. The molecule has 2 unspecified atom stereocenters. The molecule has 0 spiro atoms. The van der Waals surface area contributed by atoms with Gasteiger partial charge >= 0.3 is 0 Å². The van der Waals surface area contributed by atoms with E-state index in [1.807, 2.05) is 11.8 Å². The molecule has 0 aliphatic carbocycles. The Morgan fingerprint density at radius 3 is 2.84 bits per heavy atom. The van der Waals surface area contributed by atoms with Crippen LogP contribution in [0, 0.1) is 0 Å². The largest absolute Gasteiger partial charge is 0.389 e. The van der Waals surface area contributed by atoms with Crippen LogP contribution in [0.2, 0.25) is 0 Å². The molecule has 2 nitrogen and oxygen atoms in total. The molecule has 19 heavy (non-hydrogen) atoms. The second kappa shape index (κ2) is 6.37. The molecule has 0 aromatic heterocycles. The lowest BCUT2D eigenvalue weighted by Gasteiger charge is -2.40. The third-order valence-corrected chi connectivity index (χ3v) is 5.99. The van der Waals surface area contributed by atoms with Gasteiger partial charge in [-0.1, -0.05) is 25.2 Å². The summed E-state index contributed by atoms with van der Waals surface area (Å²) in [6.45, 7) is 5.63. The van der Waals surface area contributed by atoms with Crippen molar-refractivity contribution < 1.29 is 0 Å². The van der Waals surface area contributed by atoms with Crippen LogP contribution in [0.15, 0.2) is 23.1 Å². The van der Waals surface area contributed by atoms with E-state index in [1.165, 1.54) is 10.6 Å². The van der Waals surface area contributed by atoms with Crippen LogP contribution in [0.25, 0.3) is 0 Å². The quantitative estimate of drug-likeness (QED) is 0.683. The van der Waals surface area contributed by atoms with Crippen molar-refractivity contribution in [2.75, 3.05) is 23.5 Å². The van der Waals surface area contributed by atoms with Gasteiger partial charge in [-0.15, -0.1) is 11.8 Å². The molecule has 1 heterocycles. The molecule has 0 amide bonds. The van der Waals surface area contributed by atoms with E-state index >= 15 is 0 Å². The standard InChI is InChI=1S/C14H20N2S3/c1-9-10(2)19-8-7-16(9)11-5-4-6-12(18-3)13(11)14(15)17/h4-6,9-10H,7-8H2,1-3H3,(H2,15,17). The molecule has 1 aromatic carbocycles. The van der Waals surface area contributed by atoms with Crippen LogP contribution in [-0.2, 0) is 0 Å². The zero-order valence-electron chi connectivity index (χ0n) is 11.6. The number of nitrogens with two attached hydrogens (primary N) is 1. The van der Waals surface area contributed by atoms with E-state index in [1.54, 1.807) is 11.8 Å². The predicted molar refractivity (Wildman–Crippen MR) is 92.8 cm³/mol. The van der Waals surface area contributed by atoms with Gasteiger partial charge in [0.05, 0.1) is 0 Å². The summed E-state index contributed by atoms with van der Waals surface area (Å²) in [5.41, 5.74) is 8.20. The molecule has 1 fully saturated rings. The Bertz CT molecular complexity index is 476. The van der Waals surface area contributed by atoms with E-state index in [-0.39, 0.29) is 0 Å². The van der Waals surface area contributed by atoms with Gasteiger partial charge < -0.3 is 10.6 Å². The van der Waals surface area contributed by atoms with Crippen molar-refractivity contribution in [2.24, 2.45) is 5.73 Å². The molecule has 0 saturated carbocycles. The fraction of sp³-hybridized carbons (Fsp3) is 0.500. The van der Waals surface area contributed by atoms with E-state index in [0.29, 0.717) is 16.3 Å². The summed E-state index contributed by atoms with van der Waals surface area (Å²) < 4.78 is 0. The van der Waals surface area contributed by atoms with Crippen molar-refractivity contribution in [3.63, 3.8) is 0 Å². The first-order valence-corrected chi connectivity index (χ1v) is 9.09. The number of anilines is 1. The average Bonchev–Trinajstić information content (AvgIpc) is 2.40. The van der Waals surface area contributed by atoms with E-state index in [9.17, 15) is 0 Å². The summed E-state index contributed by atoms with van der Waals surface area (Å²) in [4.78, 5) is 4.12. The number of hydrogen-bond donors (Lipinski definition) is 1. The highest BCUT2D eigenvalue weighted by atomic mass is 32.2. The van der Waals surface area contributed by atoms with Crippen molar-refractivity contribution in [2.45, 2.75) is 30.0 Å². The van der Waals surface area contributed by atoms with Crippen LogP contribution in [0.1, 0.15) is 19.4 Å². The second-order valence-electron chi connectivity index (χ2n) is 4.73. The molecule has 2 atom stereocenters. The molecule has 104 valence electrons. The minimum Gasteiger partial charge on any atom is -0.389 e. The van der Waals surface area contributed by atoms with Crippen LogP contribution in [0.3, 0.4) is 0 Å².